The van der Waals surface area contributed by atoms with Gasteiger partial charge in [-0.1, -0.05) is 80.9 Å². The van der Waals surface area contributed by atoms with Gasteiger partial charge in [-0.25, -0.2) is 9.48 Å². The van der Waals surface area contributed by atoms with Crippen molar-refractivity contribution in [2.45, 2.75) is 96.6 Å². The van der Waals surface area contributed by atoms with Crippen LogP contribution < -0.4 is 10.6 Å². The van der Waals surface area contributed by atoms with E-state index in [2.05, 4.69) is 79.6 Å². The zero-order valence-electron chi connectivity index (χ0n) is 27.6. The quantitative estimate of drug-likeness (QED) is 0.198. The van der Waals surface area contributed by atoms with Gasteiger partial charge in [-0.2, -0.15) is 5.10 Å². The molecule has 0 radical (unpaired) electrons. The number of fused-ring (bicyclic) bond motifs is 2. The van der Waals surface area contributed by atoms with Crippen molar-refractivity contribution in [3.8, 4) is 5.69 Å². The summed E-state index contributed by atoms with van der Waals surface area (Å²) < 4.78 is 1.80. The Balaban J connectivity index is 1.05. The van der Waals surface area contributed by atoms with Crippen LogP contribution in [0.1, 0.15) is 81.7 Å². The number of rotatable bonds is 9. The fourth-order valence-corrected chi connectivity index (χ4v) is 7.19. The molecule has 2 bridgehead atoms. The Morgan fingerprint density at radius 2 is 1.54 bits per heavy atom. The Hall–Kier alpha value is -4.39. The summed E-state index contributed by atoms with van der Waals surface area (Å²) in [4.78, 5) is 28.7. The molecule has 3 aromatic carbocycles. The van der Waals surface area contributed by atoms with Gasteiger partial charge in [0.1, 0.15) is 5.82 Å². The molecule has 240 valence electrons. The van der Waals surface area contributed by atoms with E-state index in [1.54, 1.807) is 4.68 Å². The molecular formula is C39H47N5O2. The lowest BCUT2D eigenvalue weighted by Crippen LogP contribution is -2.46. The molecule has 2 saturated heterocycles. The van der Waals surface area contributed by atoms with Crippen LogP contribution in [0.2, 0.25) is 0 Å². The first-order valence-corrected chi connectivity index (χ1v) is 16.8. The molecule has 2 N–H and O–H groups in total. The van der Waals surface area contributed by atoms with Gasteiger partial charge in [0.05, 0.1) is 11.4 Å². The standard InChI is InChI=1S/C39H47N5O2/c1-27-16-18-32(19-17-27)44-36(26-35(42-44)39(2,3)4)41-38(46)40-31-14-8-13-29(23-31)22-30-24-33-20-21-34(25-30)43(33)37(45)15-9-12-28-10-6-5-7-11-28/h5-8,10-11,13-14,16-19,23,26,30,33-34H,9,12,15,20-22,24-25H2,1-4H3,(H2,40,41,46). The predicted octanol–water partition coefficient (Wildman–Crippen LogP) is 8.46. The smallest absolute Gasteiger partial charge is 0.324 e. The number of urea groups is 1. The van der Waals surface area contributed by atoms with Crippen LogP contribution in [0.15, 0.2) is 84.9 Å². The first-order chi connectivity index (χ1) is 22.1. The fourth-order valence-electron chi connectivity index (χ4n) is 7.19. The normalized spacial score (nSPS) is 19.2. The van der Waals surface area contributed by atoms with Gasteiger partial charge in [0.2, 0.25) is 5.91 Å². The highest BCUT2D eigenvalue weighted by Gasteiger charge is 2.42. The third kappa shape index (κ3) is 7.52. The maximum absolute atomic E-state index is 13.2. The average Bonchev–Trinajstić information content (AvgIpc) is 3.56. The van der Waals surface area contributed by atoms with E-state index < -0.39 is 0 Å². The van der Waals surface area contributed by atoms with Gasteiger partial charge in [0, 0.05) is 35.7 Å². The minimum Gasteiger partial charge on any atom is -0.337 e. The summed E-state index contributed by atoms with van der Waals surface area (Å²) in [7, 11) is 0. The number of carbonyl (C=O) groups excluding carboxylic acids is 2. The molecule has 0 spiro atoms. The molecule has 2 unspecified atom stereocenters. The molecule has 2 fully saturated rings. The van der Waals surface area contributed by atoms with E-state index in [4.69, 9.17) is 5.10 Å². The van der Waals surface area contributed by atoms with Crippen LogP contribution in [0, 0.1) is 12.8 Å². The van der Waals surface area contributed by atoms with Crippen LogP contribution in [0.4, 0.5) is 16.3 Å². The van der Waals surface area contributed by atoms with E-state index in [1.165, 1.54) is 16.7 Å². The Labute approximate surface area is 273 Å². The topological polar surface area (TPSA) is 79.3 Å². The molecule has 2 aliphatic heterocycles. The van der Waals surface area contributed by atoms with Gasteiger partial charge in [0.25, 0.3) is 0 Å². The van der Waals surface area contributed by atoms with E-state index in [0.717, 1.165) is 62.0 Å². The van der Waals surface area contributed by atoms with Crippen molar-refractivity contribution < 1.29 is 9.59 Å². The highest BCUT2D eigenvalue weighted by Crippen LogP contribution is 2.40. The van der Waals surface area contributed by atoms with Crippen molar-refractivity contribution >= 4 is 23.4 Å². The zero-order valence-corrected chi connectivity index (χ0v) is 27.6. The van der Waals surface area contributed by atoms with Crippen LogP contribution in [0.3, 0.4) is 0 Å². The number of hydrogen-bond acceptors (Lipinski definition) is 3. The van der Waals surface area contributed by atoms with Crippen LogP contribution in [-0.2, 0) is 23.1 Å². The molecule has 1 aromatic heterocycles. The minimum absolute atomic E-state index is 0.164. The van der Waals surface area contributed by atoms with Gasteiger partial charge < -0.3 is 10.2 Å². The number of piperidine rings is 1. The summed E-state index contributed by atoms with van der Waals surface area (Å²) in [5, 5.41) is 10.9. The van der Waals surface area contributed by atoms with Crippen molar-refractivity contribution in [3.63, 3.8) is 0 Å². The van der Waals surface area contributed by atoms with Crippen LogP contribution in [-0.4, -0.2) is 38.7 Å². The number of anilines is 2. The SMILES string of the molecule is Cc1ccc(-n2nc(C(C)(C)C)cc2NC(=O)Nc2cccc(CC3CC4CCC(C3)N4C(=O)CCCc3ccccc3)c2)cc1. The van der Waals surface area contributed by atoms with Crippen molar-refractivity contribution in [1.82, 2.24) is 14.7 Å². The monoisotopic (exact) mass is 617 g/mol. The maximum Gasteiger partial charge on any atom is 0.324 e. The number of benzene rings is 3. The average molecular weight is 618 g/mol. The second-order valence-electron chi connectivity index (χ2n) is 14.3. The number of nitrogens with one attached hydrogen (secondary N) is 2. The third-order valence-electron chi connectivity index (χ3n) is 9.52. The first kappa shape index (κ1) is 31.6. The van der Waals surface area contributed by atoms with Gasteiger partial charge in [-0.15, -0.1) is 0 Å². The number of nitrogens with zero attached hydrogens (tertiary/aromatic N) is 3. The van der Waals surface area contributed by atoms with E-state index in [0.29, 0.717) is 36.1 Å². The highest BCUT2D eigenvalue weighted by molar-refractivity contribution is 5.99. The fraction of sp³-hybridized carbons (Fsp3) is 0.410. The number of aryl methyl sites for hydroxylation is 2. The highest BCUT2D eigenvalue weighted by atomic mass is 16.2. The van der Waals surface area contributed by atoms with E-state index in [1.807, 2.05) is 48.5 Å². The summed E-state index contributed by atoms with van der Waals surface area (Å²) in [6, 6.07) is 29.1. The number of aromatic nitrogens is 2. The van der Waals surface area contributed by atoms with E-state index in [9.17, 15) is 9.59 Å². The molecule has 6 rings (SSSR count). The summed E-state index contributed by atoms with van der Waals surface area (Å²) >= 11 is 0. The molecule has 0 aliphatic carbocycles. The lowest BCUT2D eigenvalue weighted by Gasteiger charge is -2.39. The Morgan fingerprint density at radius 1 is 0.848 bits per heavy atom. The first-order valence-electron chi connectivity index (χ1n) is 16.8. The molecule has 3 amide bonds. The molecule has 4 aromatic rings. The number of carbonyl (C=O) groups is 2. The maximum atomic E-state index is 13.2. The molecule has 7 heteroatoms. The molecule has 46 heavy (non-hydrogen) atoms. The Morgan fingerprint density at radius 3 is 2.24 bits per heavy atom. The van der Waals surface area contributed by atoms with Gasteiger partial charge in [-0.3, -0.25) is 10.1 Å². The predicted molar refractivity (Wildman–Crippen MR) is 186 cm³/mol. The largest absolute Gasteiger partial charge is 0.337 e. The molecule has 3 heterocycles. The summed E-state index contributed by atoms with van der Waals surface area (Å²) in [6.45, 7) is 8.40. The number of hydrogen-bond donors (Lipinski definition) is 2. The molecule has 0 saturated carbocycles. The lowest BCUT2D eigenvalue weighted by molar-refractivity contribution is -0.136. The minimum atomic E-state index is -0.303. The zero-order chi connectivity index (χ0) is 32.3. The van der Waals surface area contributed by atoms with Gasteiger partial charge in [-0.05, 0) is 93.2 Å². The Bertz CT molecular complexity index is 1640. The second kappa shape index (κ2) is 13.5. The molecule has 2 aliphatic rings. The summed E-state index contributed by atoms with van der Waals surface area (Å²) in [6.07, 6.45) is 7.78. The van der Waals surface area contributed by atoms with Gasteiger partial charge >= 0.3 is 6.03 Å². The molecule has 2 atom stereocenters. The van der Waals surface area contributed by atoms with Crippen LogP contribution >= 0.6 is 0 Å². The van der Waals surface area contributed by atoms with Crippen molar-refractivity contribution in [1.29, 1.82) is 0 Å². The van der Waals surface area contributed by atoms with Crippen LogP contribution in [0.25, 0.3) is 5.69 Å². The third-order valence-corrected chi connectivity index (χ3v) is 9.52. The second-order valence-corrected chi connectivity index (χ2v) is 14.3. The van der Waals surface area contributed by atoms with Crippen molar-refractivity contribution in [3.05, 3.63) is 107 Å². The number of amides is 3. The van der Waals surface area contributed by atoms with Crippen molar-refractivity contribution in [2.24, 2.45) is 5.92 Å². The molecular weight excluding hydrogens is 570 g/mol. The van der Waals surface area contributed by atoms with Crippen LogP contribution in [0.5, 0.6) is 0 Å². The molecule has 7 nitrogen and oxygen atoms in total. The Kier molecular flexibility index (Phi) is 9.29. The summed E-state index contributed by atoms with van der Waals surface area (Å²) in [5.41, 5.74) is 6.08. The van der Waals surface area contributed by atoms with E-state index >= 15 is 0 Å². The summed E-state index contributed by atoms with van der Waals surface area (Å²) in [5.74, 6) is 1.49. The van der Waals surface area contributed by atoms with E-state index in [-0.39, 0.29) is 11.4 Å². The van der Waals surface area contributed by atoms with Gasteiger partial charge in [0.15, 0.2) is 0 Å². The van der Waals surface area contributed by atoms with Crippen molar-refractivity contribution in [2.75, 3.05) is 10.6 Å². The lowest BCUT2D eigenvalue weighted by atomic mass is 9.85.